The first-order valence-corrected chi connectivity index (χ1v) is 9.12. The van der Waals surface area contributed by atoms with Gasteiger partial charge in [-0.3, -0.25) is 10.2 Å². The molecule has 0 spiro atoms. The van der Waals surface area contributed by atoms with Gasteiger partial charge in [0.25, 0.3) is 0 Å². The second kappa shape index (κ2) is 6.21. The molecule has 6 nitrogen and oxygen atoms in total. The summed E-state index contributed by atoms with van der Waals surface area (Å²) in [7, 11) is 1.81. The van der Waals surface area contributed by atoms with Crippen molar-refractivity contribution in [2.75, 3.05) is 7.11 Å². The summed E-state index contributed by atoms with van der Waals surface area (Å²) < 4.78 is 5.52. The van der Waals surface area contributed by atoms with Crippen molar-refractivity contribution in [2.45, 2.75) is 37.7 Å². The summed E-state index contributed by atoms with van der Waals surface area (Å²) in [6.45, 7) is 0. The van der Waals surface area contributed by atoms with E-state index >= 15 is 0 Å². The van der Waals surface area contributed by atoms with Gasteiger partial charge in [0.2, 0.25) is 0 Å². The SMILES string of the molecule is COC1CCC(c2[nH]nc3ncc4ccc(-c5cn[nH]c5)cc4c23)CC1. The number of aromatic amines is 2. The van der Waals surface area contributed by atoms with Crippen LogP contribution >= 0.6 is 0 Å². The fourth-order valence-corrected chi connectivity index (χ4v) is 4.19. The summed E-state index contributed by atoms with van der Waals surface area (Å²) in [5.41, 5.74) is 4.25. The Morgan fingerprint density at radius 3 is 2.73 bits per heavy atom. The second-order valence-corrected chi connectivity index (χ2v) is 7.09. The van der Waals surface area contributed by atoms with E-state index in [4.69, 9.17) is 4.74 Å². The van der Waals surface area contributed by atoms with Crippen LogP contribution in [0.4, 0.5) is 0 Å². The molecule has 1 aromatic carbocycles. The maximum absolute atomic E-state index is 5.52. The Kier molecular flexibility index (Phi) is 3.71. The van der Waals surface area contributed by atoms with E-state index < -0.39 is 0 Å². The highest BCUT2D eigenvalue weighted by molar-refractivity contribution is 6.07. The number of hydrogen-bond acceptors (Lipinski definition) is 4. The van der Waals surface area contributed by atoms with E-state index in [1.165, 1.54) is 11.1 Å². The molecule has 1 aliphatic rings. The summed E-state index contributed by atoms with van der Waals surface area (Å²) in [6, 6.07) is 6.47. The third-order valence-electron chi connectivity index (χ3n) is 5.67. The van der Waals surface area contributed by atoms with E-state index in [1.54, 1.807) is 0 Å². The average molecular weight is 347 g/mol. The smallest absolute Gasteiger partial charge is 0.181 e. The fourth-order valence-electron chi connectivity index (χ4n) is 4.19. The van der Waals surface area contributed by atoms with Gasteiger partial charge in [-0.1, -0.05) is 12.1 Å². The van der Waals surface area contributed by atoms with Crippen molar-refractivity contribution in [1.29, 1.82) is 0 Å². The summed E-state index contributed by atoms with van der Waals surface area (Å²) in [6.07, 6.45) is 10.5. The van der Waals surface area contributed by atoms with E-state index in [0.29, 0.717) is 12.0 Å². The molecular formula is C20H21N5O. The number of pyridine rings is 1. The highest BCUT2D eigenvalue weighted by Crippen LogP contribution is 2.38. The van der Waals surface area contributed by atoms with Crippen LogP contribution in [0.25, 0.3) is 32.9 Å². The Balaban J connectivity index is 1.64. The number of hydrogen-bond donors (Lipinski definition) is 2. The van der Waals surface area contributed by atoms with Crippen LogP contribution in [0.15, 0.2) is 36.8 Å². The lowest BCUT2D eigenvalue weighted by Gasteiger charge is -2.27. The molecule has 1 aliphatic carbocycles. The van der Waals surface area contributed by atoms with Gasteiger partial charge in [-0.25, -0.2) is 4.98 Å². The molecule has 3 heterocycles. The molecule has 5 rings (SSSR count). The maximum atomic E-state index is 5.52. The molecule has 6 heteroatoms. The molecule has 2 N–H and O–H groups in total. The van der Waals surface area contributed by atoms with Crippen molar-refractivity contribution in [3.63, 3.8) is 0 Å². The molecule has 4 aromatic rings. The third kappa shape index (κ3) is 2.49. The van der Waals surface area contributed by atoms with Gasteiger partial charge in [0.15, 0.2) is 5.65 Å². The van der Waals surface area contributed by atoms with Gasteiger partial charge in [0.1, 0.15) is 0 Å². The Morgan fingerprint density at radius 2 is 1.96 bits per heavy atom. The van der Waals surface area contributed by atoms with E-state index in [2.05, 4.69) is 43.6 Å². The van der Waals surface area contributed by atoms with Crippen LogP contribution in [0, 0.1) is 0 Å². The summed E-state index contributed by atoms with van der Waals surface area (Å²) in [4.78, 5) is 4.56. The van der Waals surface area contributed by atoms with E-state index in [1.807, 2.05) is 25.7 Å². The average Bonchev–Trinajstić information content (AvgIpc) is 3.37. The van der Waals surface area contributed by atoms with Crippen LogP contribution < -0.4 is 0 Å². The monoisotopic (exact) mass is 347 g/mol. The molecule has 1 saturated carbocycles. The normalized spacial score (nSPS) is 20.8. The standard InChI is InChI=1S/C20H21N5O/c1-26-16-6-4-12(5-7-16)19-18-17-8-13(15-10-22-23-11-15)2-3-14(17)9-21-20(18)25-24-19/h2-3,8-12,16H,4-7H2,1H3,(H,22,23)(H,21,24,25). The zero-order chi connectivity index (χ0) is 17.5. The number of fused-ring (bicyclic) bond motifs is 3. The molecule has 0 bridgehead atoms. The first-order chi connectivity index (χ1) is 12.8. The van der Waals surface area contributed by atoms with Gasteiger partial charge < -0.3 is 4.74 Å². The first-order valence-electron chi connectivity index (χ1n) is 9.12. The van der Waals surface area contributed by atoms with Crippen LogP contribution in [0.2, 0.25) is 0 Å². The lowest BCUT2D eigenvalue weighted by Crippen LogP contribution is -2.19. The molecule has 0 radical (unpaired) electrons. The highest BCUT2D eigenvalue weighted by atomic mass is 16.5. The zero-order valence-corrected chi connectivity index (χ0v) is 14.7. The van der Waals surface area contributed by atoms with Gasteiger partial charge in [-0.05, 0) is 42.7 Å². The summed E-state index contributed by atoms with van der Waals surface area (Å²) in [5.74, 6) is 0.483. The number of methoxy groups -OCH3 is 1. The maximum Gasteiger partial charge on any atom is 0.181 e. The molecule has 26 heavy (non-hydrogen) atoms. The van der Waals surface area contributed by atoms with Crippen LogP contribution in [-0.2, 0) is 4.74 Å². The van der Waals surface area contributed by atoms with Crippen LogP contribution in [0.3, 0.4) is 0 Å². The van der Waals surface area contributed by atoms with Gasteiger partial charge >= 0.3 is 0 Å². The van der Waals surface area contributed by atoms with Gasteiger partial charge in [-0.15, -0.1) is 0 Å². The van der Waals surface area contributed by atoms with Gasteiger partial charge in [-0.2, -0.15) is 10.2 Å². The minimum atomic E-state index is 0.392. The predicted octanol–water partition coefficient (Wildman–Crippen LogP) is 4.17. The highest BCUT2D eigenvalue weighted by Gasteiger charge is 2.26. The first kappa shape index (κ1) is 15.5. The van der Waals surface area contributed by atoms with Crippen molar-refractivity contribution in [1.82, 2.24) is 25.4 Å². The Hall–Kier alpha value is -2.73. The third-order valence-corrected chi connectivity index (χ3v) is 5.67. The lowest BCUT2D eigenvalue weighted by molar-refractivity contribution is 0.0656. The molecule has 132 valence electrons. The van der Waals surface area contributed by atoms with Gasteiger partial charge in [0.05, 0.1) is 17.7 Å². The lowest BCUT2D eigenvalue weighted by atomic mass is 9.84. The van der Waals surface area contributed by atoms with Crippen molar-refractivity contribution in [3.8, 4) is 11.1 Å². The van der Waals surface area contributed by atoms with Gasteiger partial charge in [0, 0.05) is 42.1 Å². The Morgan fingerprint density at radius 1 is 1.08 bits per heavy atom. The van der Waals surface area contributed by atoms with E-state index in [9.17, 15) is 0 Å². The molecular weight excluding hydrogens is 326 g/mol. The number of nitrogens with zero attached hydrogens (tertiary/aromatic N) is 3. The largest absolute Gasteiger partial charge is 0.381 e. The van der Waals surface area contributed by atoms with Crippen molar-refractivity contribution < 1.29 is 4.74 Å². The van der Waals surface area contributed by atoms with Crippen LogP contribution in [-0.4, -0.2) is 38.6 Å². The number of rotatable bonds is 3. The molecule has 0 saturated heterocycles. The number of aromatic nitrogens is 5. The van der Waals surface area contributed by atoms with Crippen LogP contribution in [0.1, 0.15) is 37.3 Å². The van der Waals surface area contributed by atoms with E-state index in [0.717, 1.165) is 53.2 Å². The topological polar surface area (TPSA) is 79.5 Å². The van der Waals surface area contributed by atoms with Crippen molar-refractivity contribution in [2.24, 2.45) is 0 Å². The molecule has 3 aromatic heterocycles. The number of nitrogens with one attached hydrogen (secondary N) is 2. The Bertz CT molecular complexity index is 1040. The predicted molar refractivity (Wildman–Crippen MR) is 101 cm³/mol. The number of ether oxygens (including phenoxy) is 1. The molecule has 0 aliphatic heterocycles. The minimum Gasteiger partial charge on any atom is -0.381 e. The fraction of sp³-hybridized carbons (Fsp3) is 0.350. The van der Waals surface area contributed by atoms with Crippen molar-refractivity contribution in [3.05, 3.63) is 42.5 Å². The minimum absolute atomic E-state index is 0.392. The van der Waals surface area contributed by atoms with E-state index in [-0.39, 0.29) is 0 Å². The summed E-state index contributed by atoms with van der Waals surface area (Å²) in [5, 5.41) is 18.2. The quantitative estimate of drug-likeness (QED) is 0.583. The molecule has 0 unspecified atom stereocenters. The van der Waals surface area contributed by atoms with Crippen molar-refractivity contribution >= 4 is 21.8 Å². The Labute approximate surface area is 151 Å². The van der Waals surface area contributed by atoms with Crippen LogP contribution in [0.5, 0.6) is 0 Å². The number of benzene rings is 1. The second-order valence-electron chi connectivity index (χ2n) is 7.09. The zero-order valence-electron chi connectivity index (χ0n) is 14.7. The molecule has 0 amide bonds. The molecule has 1 fully saturated rings. The molecule has 0 atom stereocenters. The number of H-pyrrole nitrogens is 2. The summed E-state index contributed by atoms with van der Waals surface area (Å²) >= 11 is 0.